The first-order valence-electron chi connectivity index (χ1n) is 5.63. The van der Waals surface area contributed by atoms with Gasteiger partial charge in [0.15, 0.2) is 0 Å². The minimum atomic E-state index is 0.377. The SMILES string of the molecule is CN(CC1CCCO1)c1ccc(CBr)cn1. The lowest BCUT2D eigenvalue weighted by Crippen LogP contribution is -2.29. The standard InChI is InChI=1S/C12H17BrN2O/c1-15(9-11-3-2-6-16-11)12-5-4-10(7-13)8-14-12/h4-5,8,11H,2-3,6-7,9H2,1H3. The van der Waals surface area contributed by atoms with Crippen molar-refractivity contribution in [1.82, 2.24) is 4.98 Å². The minimum Gasteiger partial charge on any atom is -0.376 e. The van der Waals surface area contributed by atoms with Crippen molar-refractivity contribution in [3.05, 3.63) is 23.9 Å². The van der Waals surface area contributed by atoms with Crippen LogP contribution in [0.25, 0.3) is 0 Å². The van der Waals surface area contributed by atoms with Gasteiger partial charge in [-0.3, -0.25) is 0 Å². The van der Waals surface area contributed by atoms with Crippen LogP contribution in [0.4, 0.5) is 5.82 Å². The van der Waals surface area contributed by atoms with Crippen molar-refractivity contribution in [2.24, 2.45) is 0 Å². The van der Waals surface area contributed by atoms with Gasteiger partial charge in [-0.25, -0.2) is 4.98 Å². The summed E-state index contributed by atoms with van der Waals surface area (Å²) in [5.41, 5.74) is 1.20. The number of ether oxygens (including phenoxy) is 1. The van der Waals surface area contributed by atoms with Crippen LogP contribution in [-0.4, -0.2) is 31.3 Å². The number of pyridine rings is 1. The fourth-order valence-electron chi connectivity index (χ4n) is 1.91. The fraction of sp³-hybridized carbons (Fsp3) is 0.583. The molecule has 0 saturated carbocycles. The fourth-order valence-corrected chi connectivity index (χ4v) is 2.24. The highest BCUT2D eigenvalue weighted by Gasteiger charge is 2.17. The number of aromatic nitrogens is 1. The van der Waals surface area contributed by atoms with Gasteiger partial charge in [-0.05, 0) is 24.5 Å². The summed E-state index contributed by atoms with van der Waals surface area (Å²) in [5, 5.41) is 0.857. The van der Waals surface area contributed by atoms with Crippen LogP contribution in [0.5, 0.6) is 0 Å². The van der Waals surface area contributed by atoms with Crippen molar-refractivity contribution < 1.29 is 4.74 Å². The first-order chi connectivity index (χ1) is 7.79. The molecule has 1 aromatic heterocycles. The van der Waals surface area contributed by atoms with E-state index in [0.717, 1.165) is 24.3 Å². The molecule has 0 radical (unpaired) electrons. The summed E-state index contributed by atoms with van der Waals surface area (Å²) in [6, 6.07) is 4.16. The Morgan fingerprint density at radius 1 is 1.56 bits per heavy atom. The number of hydrogen-bond acceptors (Lipinski definition) is 3. The molecule has 1 aromatic rings. The van der Waals surface area contributed by atoms with Crippen molar-refractivity contribution in [3.63, 3.8) is 0 Å². The van der Waals surface area contributed by atoms with Crippen LogP contribution < -0.4 is 4.90 Å². The van der Waals surface area contributed by atoms with Gasteiger partial charge < -0.3 is 9.64 Å². The predicted octanol–water partition coefficient (Wildman–Crippen LogP) is 2.59. The van der Waals surface area contributed by atoms with Gasteiger partial charge in [0.2, 0.25) is 0 Å². The van der Waals surface area contributed by atoms with Crippen LogP contribution in [0.2, 0.25) is 0 Å². The lowest BCUT2D eigenvalue weighted by atomic mass is 10.2. The Hall–Kier alpha value is -0.610. The number of likely N-dealkylation sites (N-methyl/N-ethyl adjacent to an activating group) is 1. The summed E-state index contributed by atoms with van der Waals surface area (Å²) in [4.78, 5) is 6.59. The summed E-state index contributed by atoms with van der Waals surface area (Å²) in [5.74, 6) is 1.01. The van der Waals surface area contributed by atoms with E-state index in [-0.39, 0.29) is 0 Å². The molecule has 1 saturated heterocycles. The molecule has 88 valence electrons. The topological polar surface area (TPSA) is 25.4 Å². The molecule has 16 heavy (non-hydrogen) atoms. The van der Waals surface area contributed by atoms with Gasteiger partial charge in [0.1, 0.15) is 5.82 Å². The molecule has 0 aromatic carbocycles. The molecule has 0 aliphatic carbocycles. The third-order valence-corrected chi connectivity index (χ3v) is 3.50. The van der Waals surface area contributed by atoms with Gasteiger partial charge >= 0.3 is 0 Å². The number of anilines is 1. The highest BCUT2D eigenvalue weighted by Crippen LogP contribution is 2.16. The van der Waals surface area contributed by atoms with E-state index >= 15 is 0 Å². The van der Waals surface area contributed by atoms with Crippen molar-refractivity contribution in [3.8, 4) is 0 Å². The maximum Gasteiger partial charge on any atom is 0.128 e. The molecule has 1 aliphatic rings. The molecule has 2 rings (SSSR count). The van der Waals surface area contributed by atoms with E-state index in [1.54, 1.807) is 0 Å². The maximum atomic E-state index is 5.61. The molecule has 0 bridgehead atoms. The smallest absolute Gasteiger partial charge is 0.128 e. The number of nitrogens with zero attached hydrogens (tertiary/aromatic N) is 2. The summed E-state index contributed by atoms with van der Waals surface area (Å²) in [6.45, 7) is 1.84. The zero-order chi connectivity index (χ0) is 11.4. The number of rotatable bonds is 4. The van der Waals surface area contributed by atoms with Crippen LogP contribution in [-0.2, 0) is 10.1 Å². The normalized spacial score (nSPS) is 20.0. The highest BCUT2D eigenvalue weighted by molar-refractivity contribution is 9.08. The summed E-state index contributed by atoms with van der Waals surface area (Å²) in [6.07, 6.45) is 4.65. The molecule has 1 unspecified atom stereocenters. The molecular formula is C12H17BrN2O. The van der Waals surface area contributed by atoms with E-state index in [2.05, 4.69) is 45.0 Å². The van der Waals surface area contributed by atoms with E-state index in [9.17, 15) is 0 Å². The molecule has 1 aliphatic heterocycles. The highest BCUT2D eigenvalue weighted by atomic mass is 79.9. The quantitative estimate of drug-likeness (QED) is 0.795. The first-order valence-corrected chi connectivity index (χ1v) is 6.75. The summed E-state index contributed by atoms with van der Waals surface area (Å²) >= 11 is 3.42. The van der Waals surface area contributed by atoms with Crippen molar-refractivity contribution >= 4 is 21.7 Å². The largest absolute Gasteiger partial charge is 0.376 e. The van der Waals surface area contributed by atoms with Crippen molar-refractivity contribution in [2.75, 3.05) is 25.1 Å². The second kappa shape index (κ2) is 5.64. The Bertz CT molecular complexity index is 322. The van der Waals surface area contributed by atoms with Crippen LogP contribution in [0.3, 0.4) is 0 Å². The third kappa shape index (κ3) is 2.95. The average molecular weight is 285 g/mol. The molecule has 2 heterocycles. The number of alkyl halides is 1. The molecule has 0 N–H and O–H groups in total. The van der Waals surface area contributed by atoms with Gasteiger partial charge in [-0.2, -0.15) is 0 Å². The van der Waals surface area contributed by atoms with Gasteiger partial charge in [0, 0.05) is 31.7 Å². The van der Waals surface area contributed by atoms with E-state index in [0.29, 0.717) is 6.10 Å². The zero-order valence-corrected chi connectivity index (χ0v) is 11.1. The molecule has 3 nitrogen and oxygen atoms in total. The van der Waals surface area contributed by atoms with Crippen LogP contribution in [0.1, 0.15) is 18.4 Å². The number of hydrogen-bond donors (Lipinski definition) is 0. The lowest BCUT2D eigenvalue weighted by Gasteiger charge is -2.21. The second-order valence-corrected chi connectivity index (χ2v) is 4.73. The Morgan fingerprint density at radius 2 is 2.44 bits per heavy atom. The average Bonchev–Trinajstić information content (AvgIpc) is 2.82. The Balaban J connectivity index is 1.94. The maximum absolute atomic E-state index is 5.61. The zero-order valence-electron chi connectivity index (χ0n) is 9.53. The van der Waals surface area contributed by atoms with E-state index in [4.69, 9.17) is 4.74 Å². The van der Waals surface area contributed by atoms with Crippen molar-refractivity contribution in [1.29, 1.82) is 0 Å². The van der Waals surface area contributed by atoms with Crippen molar-refractivity contribution in [2.45, 2.75) is 24.3 Å². The monoisotopic (exact) mass is 284 g/mol. The van der Waals surface area contributed by atoms with Crippen LogP contribution in [0.15, 0.2) is 18.3 Å². The summed E-state index contributed by atoms with van der Waals surface area (Å²) < 4.78 is 5.61. The van der Waals surface area contributed by atoms with Gasteiger partial charge in [0.05, 0.1) is 6.10 Å². The Kier molecular flexibility index (Phi) is 4.18. The van der Waals surface area contributed by atoms with E-state index < -0.39 is 0 Å². The molecule has 1 fully saturated rings. The first kappa shape index (κ1) is 11.9. The molecule has 0 spiro atoms. The molecule has 1 atom stereocenters. The third-order valence-electron chi connectivity index (χ3n) is 2.86. The van der Waals surface area contributed by atoms with Gasteiger partial charge in [-0.15, -0.1) is 0 Å². The molecule has 4 heteroatoms. The predicted molar refractivity (Wildman–Crippen MR) is 69.1 cm³/mol. The van der Waals surface area contributed by atoms with E-state index in [1.165, 1.54) is 18.4 Å². The Morgan fingerprint density at radius 3 is 3.00 bits per heavy atom. The molecular weight excluding hydrogens is 268 g/mol. The minimum absolute atomic E-state index is 0.377. The second-order valence-electron chi connectivity index (χ2n) is 4.17. The van der Waals surface area contributed by atoms with Gasteiger partial charge in [-0.1, -0.05) is 22.0 Å². The summed E-state index contributed by atoms with van der Waals surface area (Å²) in [7, 11) is 2.07. The number of halogens is 1. The molecule has 0 amide bonds. The van der Waals surface area contributed by atoms with Crippen LogP contribution in [0, 0.1) is 0 Å². The lowest BCUT2D eigenvalue weighted by molar-refractivity contribution is 0.116. The Labute approximate surface area is 105 Å². The van der Waals surface area contributed by atoms with Gasteiger partial charge in [0.25, 0.3) is 0 Å². The van der Waals surface area contributed by atoms with E-state index in [1.807, 2.05) is 6.20 Å². The van der Waals surface area contributed by atoms with Crippen LogP contribution >= 0.6 is 15.9 Å².